The molecule has 1 aliphatic carbocycles. The molecule has 0 N–H and O–H groups in total. The van der Waals surface area contributed by atoms with Crippen LogP contribution in [0.5, 0.6) is 5.88 Å². The van der Waals surface area contributed by atoms with E-state index >= 15 is 0 Å². The van der Waals surface area contributed by atoms with Gasteiger partial charge in [0.1, 0.15) is 0 Å². The van der Waals surface area contributed by atoms with Crippen molar-refractivity contribution in [3.8, 4) is 5.88 Å². The minimum atomic E-state index is 0.577. The fourth-order valence-corrected chi connectivity index (χ4v) is 1.92. The second-order valence-corrected chi connectivity index (χ2v) is 4.33. The highest BCUT2D eigenvalue weighted by Gasteiger charge is 2.29. The molecule has 15 heavy (non-hydrogen) atoms. The van der Waals surface area contributed by atoms with Crippen molar-refractivity contribution in [2.24, 2.45) is 0 Å². The van der Waals surface area contributed by atoms with Gasteiger partial charge in [-0.2, -0.15) is 4.98 Å². The van der Waals surface area contributed by atoms with Gasteiger partial charge in [0.25, 0.3) is 0 Å². The lowest BCUT2D eigenvalue weighted by molar-refractivity contribution is 0.395. The van der Waals surface area contributed by atoms with E-state index in [-0.39, 0.29) is 0 Å². The maximum atomic E-state index is 5.07. The van der Waals surface area contributed by atoms with Crippen LogP contribution in [0.15, 0.2) is 12.4 Å². The average Bonchev–Trinajstić information content (AvgIpc) is 3.10. The quantitative estimate of drug-likeness (QED) is 0.767. The summed E-state index contributed by atoms with van der Waals surface area (Å²) in [4.78, 5) is 10.8. The highest BCUT2D eigenvalue weighted by Crippen LogP contribution is 2.30. The monoisotopic (exact) mass is 271 g/mol. The number of hydrogen-bond acceptors (Lipinski definition) is 4. The van der Waals surface area contributed by atoms with E-state index in [4.69, 9.17) is 4.74 Å². The van der Waals surface area contributed by atoms with E-state index in [1.165, 1.54) is 12.8 Å². The second kappa shape index (κ2) is 4.79. The summed E-state index contributed by atoms with van der Waals surface area (Å²) in [6.07, 6.45) is 5.93. The molecule has 0 aliphatic heterocycles. The van der Waals surface area contributed by atoms with E-state index in [0.29, 0.717) is 11.9 Å². The third kappa shape index (κ3) is 2.59. The lowest BCUT2D eigenvalue weighted by Crippen LogP contribution is -2.28. The smallest absolute Gasteiger partial charge is 0.233 e. The van der Waals surface area contributed by atoms with E-state index in [1.807, 2.05) is 0 Å². The van der Waals surface area contributed by atoms with Crippen LogP contribution in [0.1, 0.15) is 12.8 Å². The molecule has 1 aromatic rings. The molecule has 0 unspecified atom stereocenters. The summed E-state index contributed by atoms with van der Waals surface area (Å²) in [5, 5.41) is 0.947. The van der Waals surface area contributed by atoms with Crippen molar-refractivity contribution in [2.75, 3.05) is 23.9 Å². The third-order valence-electron chi connectivity index (χ3n) is 2.42. The minimum Gasteiger partial charge on any atom is -0.480 e. The Kier molecular flexibility index (Phi) is 3.41. The van der Waals surface area contributed by atoms with E-state index in [2.05, 4.69) is 30.8 Å². The van der Waals surface area contributed by atoms with Gasteiger partial charge in [0, 0.05) is 17.9 Å². The van der Waals surface area contributed by atoms with E-state index in [9.17, 15) is 0 Å². The number of alkyl halides is 1. The first-order valence-corrected chi connectivity index (χ1v) is 6.16. The molecule has 1 fully saturated rings. The first-order chi connectivity index (χ1) is 7.35. The summed E-state index contributed by atoms with van der Waals surface area (Å²) in [7, 11) is 1.61. The number of nitrogens with zero attached hydrogens (tertiary/aromatic N) is 3. The van der Waals surface area contributed by atoms with Crippen LogP contribution in [-0.2, 0) is 0 Å². The Balaban J connectivity index is 2.16. The van der Waals surface area contributed by atoms with Gasteiger partial charge in [-0.1, -0.05) is 15.9 Å². The molecule has 0 spiro atoms. The molecule has 1 heterocycles. The number of ether oxygens (including phenoxy) is 1. The molecular weight excluding hydrogens is 258 g/mol. The van der Waals surface area contributed by atoms with Gasteiger partial charge in [0.15, 0.2) is 5.82 Å². The normalized spacial score (nSPS) is 15.1. The van der Waals surface area contributed by atoms with Crippen molar-refractivity contribution in [2.45, 2.75) is 18.9 Å². The van der Waals surface area contributed by atoms with E-state index in [1.54, 1.807) is 19.5 Å². The number of aromatic nitrogens is 2. The third-order valence-corrected chi connectivity index (χ3v) is 2.77. The van der Waals surface area contributed by atoms with Crippen LogP contribution < -0.4 is 9.64 Å². The first kappa shape index (κ1) is 10.7. The molecule has 0 saturated heterocycles. The van der Waals surface area contributed by atoms with Gasteiger partial charge in [-0.05, 0) is 12.8 Å². The predicted octanol–water partition coefficient (Wildman–Crippen LogP) is 1.85. The molecule has 0 amide bonds. The standard InChI is InChI=1S/C10H14BrN3O/c1-15-10-7-12-6-9(13-10)14(5-4-11)8-2-3-8/h6-8H,2-5H2,1H3. The highest BCUT2D eigenvalue weighted by molar-refractivity contribution is 9.09. The van der Waals surface area contributed by atoms with Gasteiger partial charge in [0.2, 0.25) is 5.88 Å². The molecule has 1 saturated carbocycles. The zero-order valence-corrected chi connectivity index (χ0v) is 10.3. The van der Waals surface area contributed by atoms with E-state index < -0.39 is 0 Å². The van der Waals surface area contributed by atoms with Crippen LogP contribution in [-0.4, -0.2) is 35.0 Å². The van der Waals surface area contributed by atoms with Gasteiger partial charge >= 0.3 is 0 Å². The molecule has 0 bridgehead atoms. The van der Waals surface area contributed by atoms with Crippen molar-refractivity contribution in [1.29, 1.82) is 0 Å². The van der Waals surface area contributed by atoms with Gasteiger partial charge < -0.3 is 9.64 Å². The van der Waals surface area contributed by atoms with Crippen LogP contribution in [0, 0.1) is 0 Å². The second-order valence-electron chi connectivity index (χ2n) is 3.53. The minimum absolute atomic E-state index is 0.577. The molecule has 4 nitrogen and oxygen atoms in total. The SMILES string of the molecule is COc1cncc(N(CCBr)C2CC2)n1. The molecular formula is C10H14BrN3O. The lowest BCUT2D eigenvalue weighted by Gasteiger charge is -2.22. The van der Waals surface area contributed by atoms with E-state index in [0.717, 1.165) is 17.7 Å². The molecule has 2 rings (SSSR count). The molecule has 5 heteroatoms. The summed E-state index contributed by atoms with van der Waals surface area (Å²) in [6, 6.07) is 0.643. The maximum absolute atomic E-state index is 5.07. The molecule has 1 aromatic heterocycles. The lowest BCUT2D eigenvalue weighted by atomic mass is 10.4. The predicted molar refractivity (Wildman–Crippen MR) is 62.7 cm³/mol. The Labute approximate surface area is 97.8 Å². The number of hydrogen-bond donors (Lipinski definition) is 0. The highest BCUT2D eigenvalue weighted by atomic mass is 79.9. The fourth-order valence-electron chi connectivity index (χ4n) is 1.54. The van der Waals surface area contributed by atoms with Crippen molar-refractivity contribution in [3.05, 3.63) is 12.4 Å². The summed E-state index contributed by atoms with van der Waals surface area (Å²) in [5.41, 5.74) is 0. The molecule has 0 radical (unpaired) electrons. The van der Waals surface area contributed by atoms with Crippen molar-refractivity contribution in [3.63, 3.8) is 0 Å². The topological polar surface area (TPSA) is 38.2 Å². The zero-order chi connectivity index (χ0) is 10.7. The van der Waals surface area contributed by atoms with Crippen LogP contribution >= 0.6 is 15.9 Å². The van der Waals surface area contributed by atoms with Crippen LogP contribution in [0.4, 0.5) is 5.82 Å². The Bertz CT molecular complexity index is 330. The Morgan fingerprint density at radius 3 is 2.93 bits per heavy atom. The number of methoxy groups -OCH3 is 1. The van der Waals surface area contributed by atoms with Crippen LogP contribution in [0.3, 0.4) is 0 Å². The fraction of sp³-hybridized carbons (Fsp3) is 0.600. The van der Waals surface area contributed by atoms with Crippen molar-refractivity contribution >= 4 is 21.7 Å². The summed E-state index contributed by atoms with van der Waals surface area (Å²) in [5.74, 6) is 1.49. The Morgan fingerprint density at radius 2 is 2.33 bits per heavy atom. The first-order valence-electron chi connectivity index (χ1n) is 5.04. The average molecular weight is 272 g/mol. The number of anilines is 1. The maximum Gasteiger partial charge on any atom is 0.233 e. The number of rotatable bonds is 5. The summed E-state index contributed by atoms with van der Waals surface area (Å²) in [6.45, 7) is 0.965. The molecule has 0 atom stereocenters. The van der Waals surface area contributed by atoms with Gasteiger partial charge in [-0.25, -0.2) is 0 Å². The Hall–Kier alpha value is -0.840. The summed E-state index contributed by atoms with van der Waals surface area (Å²) >= 11 is 3.46. The molecule has 0 aromatic carbocycles. The zero-order valence-electron chi connectivity index (χ0n) is 8.69. The van der Waals surface area contributed by atoms with Crippen molar-refractivity contribution in [1.82, 2.24) is 9.97 Å². The largest absolute Gasteiger partial charge is 0.480 e. The molecule has 82 valence electrons. The van der Waals surface area contributed by atoms with Gasteiger partial charge in [-0.15, -0.1) is 0 Å². The van der Waals surface area contributed by atoms with Crippen molar-refractivity contribution < 1.29 is 4.74 Å². The van der Waals surface area contributed by atoms with Crippen LogP contribution in [0.25, 0.3) is 0 Å². The van der Waals surface area contributed by atoms with Gasteiger partial charge in [0.05, 0.1) is 19.5 Å². The molecule has 1 aliphatic rings. The van der Waals surface area contributed by atoms with Crippen LogP contribution in [0.2, 0.25) is 0 Å². The number of halogens is 1. The van der Waals surface area contributed by atoms with Gasteiger partial charge in [-0.3, -0.25) is 4.98 Å². The summed E-state index contributed by atoms with van der Waals surface area (Å²) < 4.78 is 5.07. The Morgan fingerprint density at radius 1 is 1.53 bits per heavy atom.